The molecule has 5 heteroatoms. The summed E-state index contributed by atoms with van der Waals surface area (Å²) in [4.78, 5) is 11.7. The zero-order valence-electron chi connectivity index (χ0n) is 8.42. The molecule has 1 aromatic heterocycles. The smallest absolute Gasteiger partial charge is 0.274 e. The molecule has 0 aliphatic heterocycles. The van der Waals surface area contributed by atoms with E-state index in [1.165, 1.54) is 0 Å². The number of nitrogens with one attached hydrogen (secondary N) is 2. The van der Waals surface area contributed by atoms with Crippen LogP contribution in [0.5, 0.6) is 0 Å². The molecule has 15 heavy (non-hydrogen) atoms. The van der Waals surface area contributed by atoms with Crippen LogP contribution in [0.2, 0.25) is 0 Å². The van der Waals surface area contributed by atoms with Crippen molar-refractivity contribution in [2.45, 2.75) is 37.6 Å². The molecule has 1 amide bonds. The molecule has 2 aliphatic rings. The Morgan fingerprint density at radius 2 is 2.13 bits per heavy atom. The molecular weight excluding hydrogens is 192 g/mol. The van der Waals surface area contributed by atoms with E-state index in [0.29, 0.717) is 23.3 Å². The lowest BCUT2D eigenvalue weighted by Gasteiger charge is -2.00. The molecule has 3 rings (SSSR count). The van der Waals surface area contributed by atoms with Gasteiger partial charge in [-0.05, 0) is 25.7 Å². The first-order chi connectivity index (χ1) is 7.25. The second-order valence-corrected chi connectivity index (χ2v) is 4.42. The fourth-order valence-corrected chi connectivity index (χ4v) is 1.70. The van der Waals surface area contributed by atoms with Crippen LogP contribution in [0.1, 0.15) is 47.8 Å². The lowest BCUT2D eigenvalue weighted by Crippen LogP contribution is -2.26. The van der Waals surface area contributed by atoms with Crippen molar-refractivity contribution in [1.29, 1.82) is 0 Å². The summed E-state index contributed by atoms with van der Waals surface area (Å²) < 4.78 is 0. The Morgan fingerprint density at radius 1 is 1.40 bits per heavy atom. The molecule has 0 atom stereocenters. The number of aromatic nitrogens is 2. The van der Waals surface area contributed by atoms with Crippen LogP contribution < -0.4 is 11.1 Å². The highest BCUT2D eigenvalue weighted by molar-refractivity contribution is 5.98. The number of H-pyrrole nitrogens is 1. The van der Waals surface area contributed by atoms with Crippen LogP contribution in [0, 0.1) is 0 Å². The Hall–Kier alpha value is -1.52. The van der Waals surface area contributed by atoms with Gasteiger partial charge in [-0.15, -0.1) is 0 Å². The van der Waals surface area contributed by atoms with E-state index in [1.54, 1.807) is 0 Å². The summed E-state index contributed by atoms with van der Waals surface area (Å²) in [5.74, 6) is 0.359. The van der Waals surface area contributed by atoms with E-state index in [2.05, 4.69) is 15.5 Å². The van der Waals surface area contributed by atoms with Crippen LogP contribution in [0.4, 0.5) is 5.69 Å². The maximum Gasteiger partial charge on any atom is 0.274 e. The van der Waals surface area contributed by atoms with Gasteiger partial charge < -0.3 is 11.1 Å². The molecule has 0 aromatic carbocycles. The average molecular weight is 206 g/mol. The van der Waals surface area contributed by atoms with Crippen molar-refractivity contribution in [1.82, 2.24) is 15.5 Å². The van der Waals surface area contributed by atoms with Crippen molar-refractivity contribution in [3.8, 4) is 0 Å². The summed E-state index contributed by atoms with van der Waals surface area (Å²) in [6, 6.07) is 0.345. The van der Waals surface area contributed by atoms with E-state index >= 15 is 0 Å². The number of anilines is 1. The third kappa shape index (κ3) is 1.58. The van der Waals surface area contributed by atoms with Gasteiger partial charge in [0.2, 0.25) is 0 Å². The van der Waals surface area contributed by atoms with Crippen molar-refractivity contribution < 1.29 is 4.79 Å². The van der Waals surface area contributed by atoms with Gasteiger partial charge in [-0.3, -0.25) is 9.89 Å². The predicted octanol–water partition coefficient (Wildman–Crippen LogP) is 0.761. The number of rotatable bonds is 3. The van der Waals surface area contributed by atoms with Gasteiger partial charge in [0.15, 0.2) is 5.69 Å². The summed E-state index contributed by atoms with van der Waals surface area (Å²) in [6.45, 7) is 0. The van der Waals surface area contributed by atoms with E-state index in [-0.39, 0.29) is 5.91 Å². The van der Waals surface area contributed by atoms with Gasteiger partial charge in [-0.25, -0.2) is 0 Å². The number of nitrogens with two attached hydrogens (primary N) is 1. The summed E-state index contributed by atoms with van der Waals surface area (Å²) in [6.07, 6.45) is 4.45. The minimum Gasteiger partial charge on any atom is -0.395 e. The minimum absolute atomic E-state index is 0.141. The summed E-state index contributed by atoms with van der Waals surface area (Å²) in [7, 11) is 0. The largest absolute Gasteiger partial charge is 0.395 e. The number of nitrogens with zero attached hydrogens (tertiary/aromatic N) is 1. The standard InChI is InChI=1S/C10H14N4O/c11-7-8(5-1-2-5)13-14-9(7)10(15)12-6-3-4-6/h5-6H,1-4,11H2,(H,12,15)(H,13,14). The van der Waals surface area contributed by atoms with Crippen LogP contribution in [0.3, 0.4) is 0 Å². The molecule has 2 fully saturated rings. The Labute approximate surface area is 87.4 Å². The molecule has 5 nitrogen and oxygen atoms in total. The topological polar surface area (TPSA) is 83.8 Å². The van der Waals surface area contributed by atoms with Gasteiger partial charge >= 0.3 is 0 Å². The van der Waals surface area contributed by atoms with Gasteiger partial charge in [0.1, 0.15) is 0 Å². The molecule has 1 aromatic rings. The van der Waals surface area contributed by atoms with Gasteiger partial charge in [-0.2, -0.15) is 5.10 Å². The van der Waals surface area contributed by atoms with Gasteiger partial charge in [0.25, 0.3) is 5.91 Å². The van der Waals surface area contributed by atoms with Gasteiger partial charge in [0, 0.05) is 12.0 Å². The third-order valence-electron chi connectivity index (χ3n) is 2.95. The monoisotopic (exact) mass is 206 g/mol. The number of nitrogen functional groups attached to an aromatic ring is 1. The zero-order valence-corrected chi connectivity index (χ0v) is 8.42. The molecule has 0 unspecified atom stereocenters. The number of carbonyl (C=O) groups is 1. The van der Waals surface area contributed by atoms with Crippen LogP contribution in [-0.4, -0.2) is 22.1 Å². The van der Waals surface area contributed by atoms with Crippen molar-refractivity contribution >= 4 is 11.6 Å². The molecule has 2 saturated carbocycles. The van der Waals surface area contributed by atoms with Crippen molar-refractivity contribution in [2.24, 2.45) is 0 Å². The van der Waals surface area contributed by atoms with E-state index in [0.717, 1.165) is 31.4 Å². The number of amides is 1. The quantitative estimate of drug-likeness (QED) is 0.682. The SMILES string of the molecule is Nc1c(C(=O)NC2CC2)n[nH]c1C1CC1. The molecule has 4 N–H and O–H groups in total. The number of carbonyl (C=O) groups excluding carboxylic acids is 1. The lowest BCUT2D eigenvalue weighted by molar-refractivity contribution is 0.0947. The second kappa shape index (κ2) is 2.98. The molecule has 0 saturated heterocycles. The Bertz CT molecular complexity index is 404. The maximum atomic E-state index is 11.7. The van der Waals surface area contributed by atoms with Crippen molar-refractivity contribution in [3.63, 3.8) is 0 Å². The molecule has 80 valence electrons. The van der Waals surface area contributed by atoms with E-state index in [1.807, 2.05) is 0 Å². The summed E-state index contributed by atoms with van der Waals surface area (Å²) in [5.41, 5.74) is 7.73. The summed E-state index contributed by atoms with van der Waals surface area (Å²) >= 11 is 0. The first-order valence-corrected chi connectivity index (χ1v) is 5.40. The fourth-order valence-electron chi connectivity index (χ4n) is 1.70. The number of aromatic amines is 1. The molecule has 0 radical (unpaired) electrons. The van der Waals surface area contributed by atoms with Crippen molar-refractivity contribution in [3.05, 3.63) is 11.4 Å². The Morgan fingerprint density at radius 3 is 2.73 bits per heavy atom. The Balaban J connectivity index is 1.80. The first-order valence-electron chi connectivity index (χ1n) is 5.40. The van der Waals surface area contributed by atoms with E-state index < -0.39 is 0 Å². The number of hydrogen-bond acceptors (Lipinski definition) is 3. The first kappa shape index (κ1) is 8.76. The lowest BCUT2D eigenvalue weighted by atomic mass is 10.2. The molecule has 2 aliphatic carbocycles. The van der Waals surface area contributed by atoms with Gasteiger partial charge in [0.05, 0.1) is 11.4 Å². The van der Waals surface area contributed by atoms with E-state index in [9.17, 15) is 4.79 Å². The highest BCUT2D eigenvalue weighted by Crippen LogP contribution is 2.42. The molecular formula is C10H14N4O. The Kier molecular flexibility index (Phi) is 1.74. The molecule has 0 bridgehead atoms. The highest BCUT2D eigenvalue weighted by Gasteiger charge is 2.31. The minimum atomic E-state index is -0.141. The van der Waals surface area contributed by atoms with Crippen LogP contribution in [-0.2, 0) is 0 Å². The van der Waals surface area contributed by atoms with Crippen LogP contribution >= 0.6 is 0 Å². The number of hydrogen-bond donors (Lipinski definition) is 3. The maximum absolute atomic E-state index is 11.7. The molecule has 0 spiro atoms. The highest BCUT2D eigenvalue weighted by atomic mass is 16.2. The second-order valence-electron chi connectivity index (χ2n) is 4.42. The van der Waals surface area contributed by atoms with E-state index in [4.69, 9.17) is 5.73 Å². The zero-order chi connectivity index (χ0) is 10.4. The van der Waals surface area contributed by atoms with Crippen LogP contribution in [0.25, 0.3) is 0 Å². The molecule has 1 heterocycles. The third-order valence-corrected chi connectivity index (χ3v) is 2.95. The van der Waals surface area contributed by atoms with Gasteiger partial charge in [-0.1, -0.05) is 0 Å². The fraction of sp³-hybridized carbons (Fsp3) is 0.600. The average Bonchev–Trinajstić information content (AvgIpc) is 3.08. The van der Waals surface area contributed by atoms with Crippen LogP contribution in [0.15, 0.2) is 0 Å². The van der Waals surface area contributed by atoms with Crippen molar-refractivity contribution in [2.75, 3.05) is 5.73 Å². The normalized spacial score (nSPS) is 20.3. The summed E-state index contributed by atoms with van der Waals surface area (Å²) in [5, 5.41) is 9.75. The predicted molar refractivity (Wildman–Crippen MR) is 55.5 cm³/mol.